The molecule has 2 aromatic rings. The second kappa shape index (κ2) is 5.88. The van der Waals surface area contributed by atoms with Crippen molar-refractivity contribution in [3.05, 3.63) is 33.4 Å². The van der Waals surface area contributed by atoms with Crippen LogP contribution < -0.4 is 10.2 Å². The summed E-state index contributed by atoms with van der Waals surface area (Å²) in [6.07, 6.45) is 3.38. The van der Waals surface area contributed by atoms with Crippen LogP contribution in [-0.2, 0) is 12.8 Å². The molecule has 0 bridgehead atoms. The van der Waals surface area contributed by atoms with Crippen molar-refractivity contribution in [2.45, 2.75) is 26.2 Å². The Kier molecular flexibility index (Phi) is 3.72. The van der Waals surface area contributed by atoms with Gasteiger partial charge in [0.2, 0.25) is 0 Å². The topological polar surface area (TPSA) is 71.0 Å². The lowest BCUT2D eigenvalue weighted by molar-refractivity contribution is 0.0940. The number of amides is 1. The van der Waals surface area contributed by atoms with Gasteiger partial charge in [-0.25, -0.2) is 4.98 Å². The summed E-state index contributed by atoms with van der Waals surface area (Å²) in [6.45, 7) is 4.43. The van der Waals surface area contributed by atoms with Gasteiger partial charge in [-0.2, -0.15) is 5.10 Å². The van der Waals surface area contributed by atoms with Gasteiger partial charge in [-0.05, 0) is 37.8 Å². The summed E-state index contributed by atoms with van der Waals surface area (Å²) in [7, 11) is 0. The van der Waals surface area contributed by atoms with Crippen molar-refractivity contribution in [3.8, 4) is 0 Å². The highest BCUT2D eigenvalue weighted by atomic mass is 32.1. The molecule has 1 fully saturated rings. The third kappa shape index (κ3) is 2.93. The molecule has 0 unspecified atom stereocenters. The number of fused-ring (bicyclic) bond motifs is 1. The quantitative estimate of drug-likeness (QED) is 0.922. The van der Waals surface area contributed by atoms with Crippen molar-refractivity contribution in [2.24, 2.45) is 5.92 Å². The fourth-order valence-corrected chi connectivity index (χ4v) is 3.75. The van der Waals surface area contributed by atoms with Crippen molar-refractivity contribution in [1.29, 1.82) is 0 Å². The van der Waals surface area contributed by atoms with Crippen LogP contribution in [0.4, 0.5) is 5.82 Å². The van der Waals surface area contributed by atoms with E-state index in [4.69, 9.17) is 0 Å². The van der Waals surface area contributed by atoms with E-state index in [0.29, 0.717) is 18.2 Å². The maximum Gasteiger partial charge on any atom is 0.270 e. The van der Waals surface area contributed by atoms with E-state index in [1.54, 1.807) is 5.38 Å². The summed E-state index contributed by atoms with van der Waals surface area (Å²) in [5.74, 6) is 1.36. The van der Waals surface area contributed by atoms with Crippen LogP contribution in [0.5, 0.6) is 0 Å². The van der Waals surface area contributed by atoms with Crippen molar-refractivity contribution in [2.75, 3.05) is 24.5 Å². The summed E-state index contributed by atoms with van der Waals surface area (Å²) in [6, 6.07) is 2.18. The largest absolute Gasteiger partial charge is 0.354 e. The Bertz CT molecular complexity index is 738. The van der Waals surface area contributed by atoms with E-state index in [9.17, 15) is 4.79 Å². The Morgan fingerprint density at radius 1 is 1.39 bits per heavy atom. The molecule has 0 atom stereocenters. The smallest absolute Gasteiger partial charge is 0.270 e. The molecule has 6 nitrogen and oxygen atoms in total. The van der Waals surface area contributed by atoms with Crippen LogP contribution in [0.15, 0.2) is 11.4 Å². The maximum atomic E-state index is 12.0. The highest BCUT2D eigenvalue weighted by Gasteiger charge is 2.29. The van der Waals surface area contributed by atoms with Gasteiger partial charge in [-0.3, -0.25) is 4.79 Å². The number of aromatic nitrogens is 3. The normalized spacial score (nSPS) is 17.0. The second-order valence-corrected chi connectivity index (χ2v) is 7.32. The minimum Gasteiger partial charge on any atom is -0.354 e. The Morgan fingerprint density at radius 2 is 2.26 bits per heavy atom. The zero-order valence-corrected chi connectivity index (χ0v) is 13.9. The van der Waals surface area contributed by atoms with E-state index in [1.807, 2.05) is 6.92 Å². The van der Waals surface area contributed by atoms with Gasteiger partial charge in [0.05, 0.1) is 10.7 Å². The van der Waals surface area contributed by atoms with E-state index >= 15 is 0 Å². The number of hydrogen-bond donors (Lipinski definition) is 1. The van der Waals surface area contributed by atoms with Crippen molar-refractivity contribution >= 4 is 23.1 Å². The number of carbonyl (C=O) groups is 1. The number of hydrogen-bond acceptors (Lipinski definition) is 6. The summed E-state index contributed by atoms with van der Waals surface area (Å²) in [5, 5.41) is 14.4. The van der Waals surface area contributed by atoms with E-state index in [2.05, 4.69) is 31.5 Å². The minimum atomic E-state index is -0.0786. The number of nitrogens with one attached hydrogen (secondary N) is 1. The zero-order valence-electron chi connectivity index (χ0n) is 13.1. The highest BCUT2D eigenvalue weighted by Crippen LogP contribution is 2.26. The fraction of sp³-hybridized carbons (Fsp3) is 0.500. The molecule has 1 aliphatic carbocycles. The van der Waals surface area contributed by atoms with Gasteiger partial charge in [0.25, 0.3) is 5.91 Å². The third-order valence-corrected chi connectivity index (χ3v) is 5.26. The Balaban J connectivity index is 1.28. The number of anilines is 1. The molecular formula is C16H19N5OS. The van der Waals surface area contributed by atoms with Crippen molar-refractivity contribution < 1.29 is 4.79 Å². The number of thiazole rings is 1. The molecule has 1 saturated heterocycles. The molecule has 2 aliphatic rings. The molecule has 0 aromatic carbocycles. The Morgan fingerprint density at radius 3 is 3.04 bits per heavy atom. The molecule has 7 heteroatoms. The Labute approximate surface area is 139 Å². The third-order valence-electron chi connectivity index (χ3n) is 4.49. The monoisotopic (exact) mass is 329 g/mol. The molecule has 0 radical (unpaired) electrons. The zero-order chi connectivity index (χ0) is 15.8. The van der Waals surface area contributed by atoms with Crippen LogP contribution >= 0.6 is 11.3 Å². The molecule has 3 heterocycles. The van der Waals surface area contributed by atoms with Crippen LogP contribution in [0.25, 0.3) is 0 Å². The van der Waals surface area contributed by atoms with Gasteiger partial charge in [-0.15, -0.1) is 16.4 Å². The van der Waals surface area contributed by atoms with Gasteiger partial charge in [0.1, 0.15) is 5.69 Å². The average molecular weight is 329 g/mol. The first-order valence-electron chi connectivity index (χ1n) is 8.00. The first kappa shape index (κ1) is 14.6. The number of carbonyl (C=O) groups excluding carboxylic acids is 1. The lowest BCUT2D eigenvalue weighted by Gasteiger charge is -2.40. The molecule has 2 aromatic heterocycles. The Hall–Kier alpha value is -2.02. The average Bonchev–Trinajstić information content (AvgIpc) is 3.13. The number of rotatable bonds is 4. The lowest BCUT2D eigenvalue weighted by Crippen LogP contribution is -2.52. The predicted octanol–water partition coefficient (Wildman–Crippen LogP) is 1.60. The van der Waals surface area contributed by atoms with E-state index < -0.39 is 0 Å². The molecule has 0 saturated carbocycles. The second-order valence-electron chi connectivity index (χ2n) is 6.26. The van der Waals surface area contributed by atoms with Gasteiger partial charge in [0, 0.05) is 30.9 Å². The van der Waals surface area contributed by atoms with Crippen LogP contribution in [0.1, 0.15) is 33.2 Å². The summed E-state index contributed by atoms with van der Waals surface area (Å²) in [5.41, 5.74) is 3.04. The lowest BCUT2D eigenvalue weighted by atomic mass is 10.00. The van der Waals surface area contributed by atoms with Crippen LogP contribution in [0, 0.1) is 12.8 Å². The van der Waals surface area contributed by atoms with E-state index in [0.717, 1.165) is 42.5 Å². The summed E-state index contributed by atoms with van der Waals surface area (Å²) < 4.78 is 0. The van der Waals surface area contributed by atoms with Gasteiger partial charge < -0.3 is 10.2 Å². The van der Waals surface area contributed by atoms with Crippen LogP contribution in [0.2, 0.25) is 0 Å². The summed E-state index contributed by atoms with van der Waals surface area (Å²) in [4.78, 5) is 18.4. The molecule has 23 heavy (non-hydrogen) atoms. The van der Waals surface area contributed by atoms with Crippen LogP contribution in [0.3, 0.4) is 0 Å². The molecule has 1 aliphatic heterocycles. The maximum absolute atomic E-state index is 12.0. The van der Waals surface area contributed by atoms with E-state index in [1.165, 1.54) is 23.3 Å². The fourth-order valence-electron chi connectivity index (χ4n) is 3.15. The standard InChI is InChI=1S/C16H19N5OS/c1-10-18-14(9-23-10)16(22)17-6-11-7-21(8-11)15-5-12-3-2-4-13(12)19-20-15/h5,9,11H,2-4,6-8H2,1H3,(H,17,22). The molecule has 4 rings (SSSR count). The van der Waals surface area contributed by atoms with Crippen molar-refractivity contribution in [3.63, 3.8) is 0 Å². The minimum absolute atomic E-state index is 0.0786. The molecule has 120 valence electrons. The first-order chi connectivity index (χ1) is 11.2. The SMILES string of the molecule is Cc1nc(C(=O)NCC2CN(c3cc4c(nn3)CCC4)C2)cs1. The first-order valence-corrected chi connectivity index (χ1v) is 8.88. The molecule has 1 N–H and O–H groups in total. The number of nitrogens with zero attached hydrogens (tertiary/aromatic N) is 4. The molecule has 0 spiro atoms. The van der Waals surface area contributed by atoms with Gasteiger partial charge >= 0.3 is 0 Å². The predicted molar refractivity (Wildman–Crippen MR) is 88.9 cm³/mol. The van der Waals surface area contributed by atoms with Gasteiger partial charge in [-0.1, -0.05) is 0 Å². The molecular weight excluding hydrogens is 310 g/mol. The van der Waals surface area contributed by atoms with Gasteiger partial charge in [0.15, 0.2) is 5.82 Å². The van der Waals surface area contributed by atoms with Crippen molar-refractivity contribution in [1.82, 2.24) is 20.5 Å². The summed E-state index contributed by atoms with van der Waals surface area (Å²) >= 11 is 1.50. The van der Waals surface area contributed by atoms with E-state index in [-0.39, 0.29) is 5.91 Å². The number of aryl methyl sites for hydroxylation is 3. The van der Waals surface area contributed by atoms with Crippen LogP contribution in [-0.4, -0.2) is 40.7 Å². The highest BCUT2D eigenvalue weighted by molar-refractivity contribution is 7.09. The molecule has 1 amide bonds.